The predicted molar refractivity (Wildman–Crippen MR) is 85.6 cm³/mol. The van der Waals surface area contributed by atoms with Crippen molar-refractivity contribution >= 4 is 6.03 Å². The first-order valence-corrected chi connectivity index (χ1v) is 7.83. The molecule has 0 aliphatic carbocycles. The summed E-state index contributed by atoms with van der Waals surface area (Å²) < 4.78 is 5.66. The average molecular weight is 306 g/mol. The van der Waals surface area contributed by atoms with Crippen LogP contribution in [0, 0.1) is 0 Å². The van der Waals surface area contributed by atoms with Crippen molar-refractivity contribution in [2.45, 2.75) is 25.5 Å². The number of hydrogen-bond acceptors (Lipinski definition) is 4. The smallest absolute Gasteiger partial charge is 0.317 e. The van der Waals surface area contributed by atoms with Gasteiger partial charge in [-0.3, -0.25) is 4.98 Å². The number of likely N-dealkylation sites (N-methyl/N-ethyl adjacent to an activating group) is 1. The van der Waals surface area contributed by atoms with Crippen molar-refractivity contribution in [3.8, 4) is 0 Å². The Hall–Kier alpha value is -1.66. The highest BCUT2D eigenvalue weighted by Crippen LogP contribution is 2.13. The second-order valence-corrected chi connectivity index (χ2v) is 5.90. The maximum absolute atomic E-state index is 12.4. The van der Waals surface area contributed by atoms with Crippen molar-refractivity contribution in [1.82, 2.24) is 20.1 Å². The lowest BCUT2D eigenvalue weighted by atomic mass is 10.2. The first kappa shape index (κ1) is 16.7. The van der Waals surface area contributed by atoms with Crippen LogP contribution >= 0.6 is 0 Å². The maximum Gasteiger partial charge on any atom is 0.317 e. The van der Waals surface area contributed by atoms with E-state index >= 15 is 0 Å². The van der Waals surface area contributed by atoms with Gasteiger partial charge in [0.05, 0.1) is 6.10 Å². The highest BCUT2D eigenvalue weighted by Gasteiger charge is 2.22. The van der Waals surface area contributed by atoms with E-state index in [9.17, 15) is 4.79 Å². The Kier molecular flexibility index (Phi) is 6.61. The van der Waals surface area contributed by atoms with Gasteiger partial charge in [-0.1, -0.05) is 6.07 Å². The minimum absolute atomic E-state index is 0.0406. The lowest BCUT2D eigenvalue weighted by Gasteiger charge is -2.27. The summed E-state index contributed by atoms with van der Waals surface area (Å²) in [7, 11) is 4.02. The molecule has 0 saturated carbocycles. The normalized spacial score (nSPS) is 17.7. The molecule has 1 unspecified atom stereocenters. The second-order valence-electron chi connectivity index (χ2n) is 5.90. The molecule has 0 bridgehead atoms. The van der Waals surface area contributed by atoms with E-state index in [4.69, 9.17) is 4.74 Å². The number of nitrogens with one attached hydrogen (secondary N) is 1. The van der Waals surface area contributed by atoms with Crippen molar-refractivity contribution in [2.75, 3.05) is 40.3 Å². The molecule has 1 atom stereocenters. The molecule has 2 amide bonds. The Morgan fingerprint density at radius 2 is 2.32 bits per heavy atom. The van der Waals surface area contributed by atoms with E-state index in [1.54, 1.807) is 12.4 Å². The summed E-state index contributed by atoms with van der Waals surface area (Å²) in [4.78, 5) is 20.4. The number of carbonyl (C=O) groups is 1. The second kappa shape index (κ2) is 8.70. The molecule has 2 rings (SSSR count). The molecule has 0 radical (unpaired) electrons. The molecule has 122 valence electrons. The standard InChI is InChI=1S/C16H26N4O2/c1-19(2)8-9-20(13-15-6-4-10-22-15)16(21)18-12-14-5-3-7-17-11-14/h3,5,7,11,15H,4,6,8-10,12-13H2,1-2H3,(H,18,21). The van der Waals surface area contributed by atoms with Gasteiger partial charge in [-0.25, -0.2) is 4.79 Å². The zero-order valence-corrected chi connectivity index (χ0v) is 13.5. The molecule has 22 heavy (non-hydrogen) atoms. The van der Waals surface area contributed by atoms with Gasteiger partial charge in [-0.05, 0) is 38.6 Å². The predicted octanol–water partition coefficient (Wildman–Crippen LogP) is 1.33. The summed E-state index contributed by atoms with van der Waals surface area (Å²) in [5.41, 5.74) is 1.00. The minimum atomic E-state index is -0.0406. The van der Waals surface area contributed by atoms with Crippen molar-refractivity contribution in [1.29, 1.82) is 0 Å². The molecule has 1 saturated heterocycles. The molecular weight excluding hydrogens is 280 g/mol. The van der Waals surface area contributed by atoms with Crippen LogP contribution in [0.25, 0.3) is 0 Å². The third-order valence-corrected chi connectivity index (χ3v) is 3.72. The van der Waals surface area contributed by atoms with Crippen LogP contribution in [0.1, 0.15) is 18.4 Å². The number of hydrogen-bond donors (Lipinski definition) is 1. The third kappa shape index (κ3) is 5.61. The Bertz CT molecular complexity index is 447. The Balaban J connectivity index is 1.86. The number of rotatable bonds is 7. The van der Waals surface area contributed by atoms with Gasteiger partial charge in [0.25, 0.3) is 0 Å². The van der Waals surface area contributed by atoms with Gasteiger partial charge >= 0.3 is 6.03 Å². The van der Waals surface area contributed by atoms with Gasteiger partial charge in [0.1, 0.15) is 0 Å². The molecule has 1 aliphatic heterocycles. The zero-order valence-electron chi connectivity index (χ0n) is 13.5. The number of amides is 2. The Morgan fingerprint density at radius 1 is 1.45 bits per heavy atom. The molecule has 1 aliphatic rings. The van der Waals surface area contributed by atoms with E-state index in [0.717, 1.165) is 31.6 Å². The summed E-state index contributed by atoms with van der Waals surface area (Å²) in [5.74, 6) is 0. The topological polar surface area (TPSA) is 57.7 Å². The SMILES string of the molecule is CN(C)CCN(CC1CCCO1)C(=O)NCc1cccnc1. The quantitative estimate of drug-likeness (QED) is 0.826. The molecule has 6 heteroatoms. The van der Waals surface area contributed by atoms with E-state index in [1.807, 2.05) is 31.1 Å². The van der Waals surface area contributed by atoms with E-state index in [-0.39, 0.29) is 12.1 Å². The summed E-state index contributed by atoms with van der Waals surface area (Å²) in [6.45, 7) is 3.51. The maximum atomic E-state index is 12.4. The van der Waals surface area contributed by atoms with E-state index < -0.39 is 0 Å². The van der Waals surface area contributed by atoms with E-state index in [0.29, 0.717) is 19.6 Å². The van der Waals surface area contributed by atoms with Crippen molar-refractivity contribution in [2.24, 2.45) is 0 Å². The highest BCUT2D eigenvalue weighted by atomic mass is 16.5. The molecule has 1 N–H and O–H groups in total. The van der Waals surface area contributed by atoms with Crippen LogP contribution in [0.15, 0.2) is 24.5 Å². The number of ether oxygens (including phenoxy) is 1. The van der Waals surface area contributed by atoms with Gasteiger partial charge in [0.15, 0.2) is 0 Å². The monoisotopic (exact) mass is 306 g/mol. The molecule has 0 spiro atoms. The first-order valence-electron chi connectivity index (χ1n) is 7.83. The largest absolute Gasteiger partial charge is 0.376 e. The number of carbonyl (C=O) groups excluding carboxylic acids is 1. The van der Waals surface area contributed by atoms with Gasteiger partial charge in [-0.15, -0.1) is 0 Å². The number of pyridine rings is 1. The molecule has 0 aromatic carbocycles. The zero-order chi connectivity index (χ0) is 15.8. The summed E-state index contributed by atoms with van der Waals surface area (Å²) in [6, 6.07) is 3.79. The lowest BCUT2D eigenvalue weighted by Crippen LogP contribution is -2.46. The van der Waals surface area contributed by atoms with Crippen LogP contribution in [0.4, 0.5) is 4.79 Å². The van der Waals surface area contributed by atoms with Crippen LogP contribution in [0.5, 0.6) is 0 Å². The van der Waals surface area contributed by atoms with Gasteiger partial charge < -0.3 is 19.9 Å². The fourth-order valence-corrected chi connectivity index (χ4v) is 2.42. The van der Waals surface area contributed by atoms with E-state index in [1.165, 1.54) is 0 Å². The van der Waals surface area contributed by atoms with Crippen LogP contribution in [-0.2, 0) is 11.3 Å². The average Bonchev–Trinajstić information content (AvgIpc) is 3.03. The van der Waals surface area contributed by atoms with Crippen molar-refractivity contribution in [3.63, 3.8) is 0 Å². The van der Waals surface area contributed by atoms with Crippen LogP contribution in [0.2, 0.25) is 0 Å². The number of aromatic nitrogens is 1. The Morgan fingerprint density at radius 3 is 2.95 bits per heavy atom. The first-order chi connectivity index (χ1) is 10.6. The lowest BCUT2D eigenvalue weighted by molar-refractivity contribution is 0.0795. The van der Waals surface area contributed by atoms with Gasteiger partial charge in [-0.2, -0.15) is 0 Å². The number of nitrogens with zero attached hydrogens (tertiary/aromatic N) is 3. The molecule has 1 aromatic heterocycles. The summed E-state index contributed by atoms with van der Waals surface area (Å²) in [6.07, 6.45) is 5.79. The highest BCUT2D eigenvalue weighted by molar-refractivity contribution is 5.74. The third-order valence-electron chi connectivity index (χ3n) is 3.72. The van der Waals surface area contributed by atoms with Crippen molar-refractivity contribution < 1.29 is 9.53 Å². The van der Waals surface area contributed by atoms with Gasteiger partial charge in [0.2, 0.25) is 0 Å². The summed E-state index contributed by atoms with van der Waals surface area (Å²) >= 11 is 0. The van der Waals surface area contributed by atoms with Crippen LogP contribution in [0.3, 0.4) is 0 Å². The van der Waals surface area contributed by atoms with E-state index in [2.05, 4.69) is 15.2 Å². The molecule has 6 nitrogen and oxygen atoms in total. The van der Waals surface area contributed by atoms with Crippen molar-refractivity contribution in [3.05, 3.63) is 30.1 Å². The summed E-state index contributed by atoms with van der Waals surface area (Å²) in [5, 5.41) is 2.97. The molecule has 1 aromatic rings. The Labute approximate surface area is 132 Å². The number of urea groups is 1. The van der Waals surface area contributed by atoms with Gasteiger partial charge in [0, 0.05) is 45.2 Å². The fourth-order valence-electron chi connectivity index (χ4n) is 2.42. The molecular formula is C16H26N4O2. The van der Waals surface area contributed by atoms with Crippen LogP contribution in [-0.4, -0.2) is 67.3 Å². The molecule has 2 heterocycles. The fraction of sp³-hybridized carbons (Fsp3) is 0.625. The van der Waals surface area contributed by atoms with Crippen LogP contribution < -0.4 is 5.32 Å². The minimum Gasteiger partial charge on any atom is -0.376 e. The molecule has 1 fully saturated rings.